The first-order chi connectivity index (χ1) is 10.7. The molecular weight excluding hydrogens is 352 g/mol. The van der Waals surface area contributed by atoms with Crippen LogP contribution in [0.5, 0.6) is 0 Å². The average molecular weight is 361 g/mol. The summed E-state index contributed by atoms with van der Waals surface area (Å²) in [6.07, 6.45) is -3.45. The van der Waals surface area contributed by atoms with Crippen LogP contribution in [0, 0.1) is 11.3 Å². The number of benzene rings is 1. The number of nitriles is 1. The van der Waals surface area contributed by atoms with E-state index in [1.807, 2.05) is 0 Å². The van der Waals surface area contributed by atoms with Crippen molar-refractivity contribution in [1.82, 2.24) is 4.57 Å². The Morgan fingerprint density at radius 3 is 2.09 bits per heavy atom. The maximum absolute atomic E-state index is 13.7. The van der Waals surface area contributed by atoms with Gasteiger partial charge in [-0.15, -0.1) is 0 Å². The number of carbonyl (C=O) groups is 1. The minimum atomic E-state index is -4.99. The van der Waals surface area contributed by atoms with Gasteiger partial charge in [-0.1, -0.05) is 23.2 Å². The highest BCUT2D eigenvalue weighted by molar-refractivity contribution is 6.34. The van der Waals surface area contributed by atoms with Crippen molar-refractivity contribution in [2.45, 2.75) is 18.0 Å². The van der Waals surface area contributed by atoms with Crippen molar-refractivity contribution >= 4 is 29.1 Å². The summed E-state index contributed by atoms with van der Waals surface area (Å²) in [7, 11) is 0. The number of aromatic nitrogens is 1. The molecule has 1 heterocycles. The highest BCUT2D eigenvalue weighted by Gasteiger charge is 2.58. The van der Waals surface area contributed by atoms with Crippen molar-refractivity contribution < 1.29 is 18.0 Å². The third kappa shape index (κ3) is 3.36. The van der Waals surface area contributed by atoms with E-state index in [9.17, 15) is 23.2 Å². The number of hydrogen-bond acceptors (Lipinski definition) is 2. The van der Waals surface area contributed by atoms with Gasteiger partial charge in [0.25, 0.3) is 0 Å². The van der Waals surface area contributed by atoms with E-state index >= 15 is 0 Å². The van der Waals surface area contributed by atoms with Crippen molar-refractivity contribution in [2.75, 3.05) is 0 Å². The maximum Gasteiger partial charge on any atom is 0.411 e. The Kier molecular flexibility index (Phi) is 4.73. The molecule has 3 nitrogen and oxygen atoms in total. The molecule has 0 aliphatic rings. The van der Waals surface area contributed by atoms with Gasteiger partial charge >= 0.3 is 6.18 Å². The highest BCUT2D eigenvalue weighted by atomic mass is 35.5. The fourth-order valence-electron chi connectivity index (χ4n) is 2.15. The molecule has 2 rings (SSSR count). The molecule has 0 saturated heterocycles. The lowest BCUT2D eigenvalue weighted by molar-refractivity contribution is -0.173. The van der Waals surface area contributed by atoms with Gasteiger partial charge in [-0.2, -0.15) is 18.4 Å². The van der Waals surface area contributed by atoms with Crippen molar-refractivity contribution in [3.63, 3.8) is 0 Å². The van der Waals surface area contributed by atoms with Crippen molar-refractivity contribution in [1.29, 1.82) is 5.26 Å². The summed E-state index contributed by atoms with van der Waals surface area (Å²) in [5.74, 6) is -0.870. The average Bonchev–Trinajstić information content (AvgIpc) is 2.96. The summed E-state index contributed by atoms with van der Waals surface area (Å²) in [6, 6.07) is 7.47. The largest absolute Gasteiger partial charge is 0.411 e. The molecule has 1 aromatic carbocycles. The highest BCUT2D eigenvalue weighted by Crippen LogP contribution is 2.45. The predicted molar refractivity (Wildman–Crippen MR) is 79.5 cm³/mol. The van der Waals surface area contributed by atoms with Gasteiger partial charge in [0.2, 0.25) is 5.91 Å². The molecule has 0 fully saturated rings. The lowest BCUT2D eigenvalue weighted by Gasteiger charge is -2.29. The fourth-order valence-corrected chi connectivity index (χ4v) is 2.68. The van der Waals surface area contributed by atoms with E-state index < -0.39 is 29.5 Å². The van der Waals surface area contributed by atoms with Gasteiger partial charge in [0.1, 0.15) is 0 Å². The van der Waals surface area contributed by atoms with Crippen molar-refractivity contribution in [2.24, 2.45) is 0 Å². The smallest absolute Gasteiger partial charge is 0.295 e. The molecule has 23 heavy (non-hydrogen) atoms. The Hall–Kier alpha value is -1.97. The molecule has 0 aliphatic heterocycles. The molecular formula is C15H9Cl2F3N2O. The standard InChI is InChI=1S/C15H9Cl2F3N2O/c16-11-5-10(6-12(17)7-11)14(9-21,15(18,19)20)8-13(23)22-3-1-2-4-22/h1-7H,8H2. The molecule has 0 aliphatic carbocycles. The van der Waals surface area contributed by atoms with E-state index in [0.29, 0.717) is 0 Å². The summed E-state index contributed by atoms with van der Waals surface area (Å²) in [4.78, 5) is 12.1. The van der Waals surface area contributed by atoms with Crippen LogP contribution in [-0.2, 0) is 5.41 Å². The third-order valence-corrected chi connectivity index (χ3v) is 3.78. The quantitative estimate of drug-likeness (QED) is 0.785. The van der Waals surface area contributed by atoms with Crippen LogP contribution in [-0.4, -0.2) is 16.7 Å². The third-order valence-electron chi connectivity index (χ3n) is 3.34. The summed E-state index contributed by atoms with van der Waals surface area (Å²) >= 11 is 11.5. The van der Waals surface area contributed by atoms with E-state index in [1.165, 1.54) is 36.7 Å². The molecule has 0 radical (unpaired) electrons. The summed E-state index contributed by atoms with van der Waals surface area (Å²) in [5, 5.41) is 9.17. The first-order valence-corrected chi connectivity index (χ1v) is 7.06. The normalized spacial score (nSPS) is 14.1. The Morgan fingerprint density at radius 1 is 1.13 bits per heavy atom. The number of halogens is 5. The minimum absolute atomic E-state index is 0.0511. The second-order valence-corrected chi connectivity index (χ2v) is 5.71. The van der Waals surface area contributed by atoms with Gasteiger partial charge in [0.15, 0.2) is 5.41 Å². The summed E-state index contributed by atoms with van der Waals surface area (Å²) < 4.78 is 42.0. The van der Waals surface area contributed by atoms with E-state index in [-0.39, 0.29) is 10.0 Å². The molecule has 2 aromatic rings. The Bertz CT molecular complexity index is 746. The number of carbonyl (C=O) groups excluding carboxylic acids is 1. The van der Waals surface area contributed by atoms with Crippen LogP contribution in [0.25, 0.3) is 0 Å². The van der Waals surface area contributed by atoms with Gasteiger partial charge in [0, 0.05) is 22.4 Å². The monoisotopic (exact) mass is 360 g/mol. The minimum Gasteiger partial charge on any atom is -0.295 e. The van der Waals surface area contributed by atoms with E-state index in [0.717, 1.165) is 16.7 Å². The first kappa shape index (κ1) is 17.4. The topological polar surface area (TPSA) is 45.8 Å². The molecule has 120 valence electrons. The number of rotatable bonds is 3. The van der Waals surface area contributed by atoms with Crippen molar-refractivity contribution in [3.05, 3.63) is 58.3 Å². The second kappa shape index (κ2) is 6.26. The van der Waals surface area contributed by atoms with E-state index in [4.69, 9.17) is 23.2 Å². The van der Waals surface area contributed by atoms with Crippen LogP contribution in [0.1, 0.15) is 16.8 Å². The lowest BCUT2D eigenvalue weighted by atomic mass is 9.78. The van der Waals surface area contributed by atoms with Crippen LogP contribution in [0.2, 0.25) is 10.0 Å². The molecule has 0 spiro atoms. The predicted octanol–water partition coefficient (Wildman–Crippen LogP) is 4.85. The van der Waals surface area contributed by atoms with Gasteiger partial charge in [0.05, 0.1) is 12.5 Å². The van der Waals surface area contributed by atoms with Crippen LogP contribution in [0.3, 0.4) is 0 Å². The fraction of sp³-hybridized carbons (Fsp3) is 0.200. The van der Waals surface area contributed by atoms with Crippen molar-refractivity contribution in [3.8, 4) is 6.07 Å². The van der Waals surface area contributed by atoms with Gasteiger partial charge in [-0.05, 0) is 35.9 Å². The molecule has 0 bridgehead atoms. The maximum atomic E-state index is 13.7. The lowest BCUT2D eigenvalue weighted by Crippen LogP contribution is -2.43. The Labute approximate surface area is 139 Å². The van der Waals surface area contributed by atoms with Gasteiger partial charge in [-0.25, -0.2) is 0 Å². The van der Waals surface area contributed by atoms with E-state index in [2.05, 4.69) is 0 Å². The Balaban J connectivity index is 2.57. The number of alkyl halides is 3. The zero-order chi connectivity index (χ0) is 17.3. The Morgan fingerprint density at radius 2 is 1.65 bits per heavy atom. The summed E-state index contributed by atoms with van der Waals surface area (Å²) in [6.45, 7) is 0. The van der Waals surface area contributed by atoms with Gasteiger partial charge in [-0.3, -0.25) is 9.36 Å². The van der Waals surface area contributed by atoms with Crippen LogP contribution in [0.4, 0.5) is 13.2 Å². The molecule has 8 heteroatoms. The molecule has 0 N–H and O–H groups in total. The zero-order valence-corrected chi connectivity index (χ0v) is 13.0. The summed E-state index contributed by atoms with van der Waals surface area (Å²) in [5.41, 5.74) is -3.51. The molecule has 1 aromatic heterocycles. The molecule has 0 saturated carbocycles. The number of hydrogen-bond donors (Lipinski definition) is 0. The van der Waals surface area contributed by atoms with Crippen LogP contribution >= 0.6 is 23.2 Å². The SMILES string of the molecule is N#CC(CC(=O)n1cccc1)(c1cc(Cl)cc(Cl)c1)C(F)(F)F. The molecule has 1 unspecified atom stereocenters. The molecule has 1 atom stereocenters. The first-order valence-electron chi connectivity index (χ1n) is 6.30. The number of nitrogens with zero attached hydrogens (tertiary/aromatic N) is 2. The zero-order valence-electron chi connectivity index (χ0n) is 11.4. The second-order valence-electron chi connectivity index (χ2n) is 4.83. The van der Waals surface area contributed by atoms with Gasteiger partial charge < -0.3 is 0 Å². The van der Waals surface area contributed by atoms with E-state index in [1.54, 1.807) is 0 Å². The molecule has 0 amide bonds. The van der Waals surface area contributed by atoms with Crippen LogP contribution in [0.15, 0.2) is 42.7 Å². The van der Waals surface area contributed by atoms with Crippen LogP contribution < -0.4 is 0 Å².